The van der Waals surface area contributed by atoms with Gasteiger partial charge in [0.1, 0.15) is 11.5 Å². The van der Waals surface area contributed by atoms with Crippen LogP contribution in [0.5, 0.6) is 11.5 Å². The summed E-state index contributed by atoms with van der Waals surface area (Å²) in [7, 11) is 0. The Bertz CT molecular complexity index is 687. The standard InChI is InChI=1S/C21H28O2/c1-5-7-17-13-19(14(3)10-20(17)22)12-16-9-15(4)21(23)18(11-16)8-6-2/h9-11,13,22-23H,5-8,12H2,1-4H3. The SMILES string of the molecule is CCCc1cc(Cc2cc(C)c(O)c(CCC)c2)c(C)cc1O. The van der Waals surface area contributed by atoms with Crippen LogP contribution in [-0.4, -0.2) is 10.2 Å². The summed E-state index contributed by atoms with van der Waals surface area (Å²) in [6.07, 6.45) is 4.68. The van der Waals surface area contributed by atoms with Crippen LogP contribution in [0.15, 0.2) is 24.3 Å². The minimum Gasteiger partial charge on any atom is -0.508 e. The summed E-state index contributed by atoms with van der Waals surface area (Å²) in [5.74, 6) is 0.839. The predicted molar refractivity (Wildman–Crippen MR) is 96.5 cm³/mol. The lowest BCUT2D eigenvalue weighted by Crippen LogP contribution is -1.98. The second-order valence-electron chi connectivity index (χ2n) is 6.50. The first-order valence-electron chi connectivity index (χ1n) is 8.59. The topological polar surface area (TPSA) is 40.5 Å². The molecule has 0 unspecified atom stereocenters. The summed E-state index contributed by atoms with van der Waals surface area (Å²) in [6, 6.07) is 8.20. The highest BCUT2D eigenvalue weighted by Gasteiger charge is 2.10. The molecule has 2 nitrogen and oxygen atoms in total. The Labute approximate surface area is 139 Å². The highest BCUT2D eigenvalue weighted by atomic mass is 16.3. The molecule has 0 aliphatic rings. The summed E-state index contributed by atoms with van der Waals surface area (Å²) in [5, 5.41) is 20.3. The zero-order chi connectivity index (χ0) is 17.0. The van der Waals surface area contributed by atoms with Gasteiger partial charge in [-0.25, -0.2) is 0 Å². The van der Waals surface area contributed by atoms with Crippen molar-refractivity contribution in [2.24, 2.45) is 0 Å². The Morgan fingerprint density at radius 3 is 2.04 bits per heavy atom. The number of phenolic OH excluding ortho intramolecular Hbond substituents is 2. The number of aryl methyl sites for hydroxylation is 4. The van der Waals surface area contributed by atoms with Crippen molar-refractivity contribution in [3.8, 4) is 11.5 Å². The first-order chi connectivity index (χ1) is 11.0. The number of rotatable bonds is 6. The molecule has 2 aromatic rings. The van der Waals surface area contributed by atoms with Gasteiger partial charge in [0.2, 0.25) is 0 Å². The fourth-order valence-corrected chi connectivity index (χ4v) is 3.16. The van der Waals surface area contributed by atoms with E-state index >= 15 is 0 Å². The third kappa shape index (κ3) is 4.07. The summed E-state index contributed by atoms with van der Waals surface area (Å²) in [5.41, 5.74) is 6.59. The first-order valence-corrected chi connectivity index (χ1v) is 8.59. The van der Waals surface area contributed by atoms with Gasteiger partial charge in [0.05, 0.1) is 0 Å². The molecule has 0 atom stereocenters. The van der Waals surface area contributed by atoms with Gasteiger partial charge in [0.15, 0.2) is 0 Å². The molecular formula is C21H28O2. The van der Waals surface area contributed by atoms with Gasteiger partial charge >= 0.3 is 0 Å². The Morgan fingerprint density at radius 1 is 0.739 bits per heavy atom. The molecule has 124 valence electrons. The molecule has 2 rings (SSSR count). The maximum atomic E-state index is 10.2. The summed E-state index contributed by atoms with van der Waals surface area (Å²) < 4.78 is 0. The number of benzene rings is 2. The molecule has 0 fully saturated rings. The van der Waals surface area contributed by atoms with Crippen LogP contribution in [0.2, 0.25) is 0 Å². The zero-order valence-corrected chi connectivity index (χ0v) is 14.7. The highest BCUT2D eigenvalue weighted by Crippen LogP contribution is 2.29. The number of hydrogen-bond acceptors (Lipinski definition) is 2. The third-order valence-electron chi connectivity index (χ3n) is 4.41. The predicted octanol–water partition coefficient (Wildman–Crippen LogP) is 5.21. The molecule has 0 bridgehead atoms. The quantitative estimate of drug-likeness (QED) is 0.768. The van der Waals surface area contributed by atoms with Crippen LogP contribution in [0.25, 0.3) is 0 Å². The first kappa shape index (κ1) is 17.4. The number of hydrogen-bond donors (Lipinski definition) is 2. The molecule has 0 saturated heterocycles. The van der Waals surface area contributed by atoms with Crippen LogP contribution in [0.4, 0.5) is 0 Å². The van der Waals surface area contributed by atoms with Crippen molar-refractivity contribution in [2.75, 3.05) is 0 Å². The lowest BCUT2D eigenvalue weighted by molar-refractivity contribution is 0.463. The second kappa shape index (κ2) is 7.54. The van der Waals surface area contributed by atoms with E-state index in [0.717, 1.165) is 54.4 Å². The zero-order valence-electron chi connectivity index (χ0n) is 14.7. The van der Waals surface area contributed by atoms with E-state index in [0.29, 0.717) is 11.5 Å². The molecule has 0 aliphatic heterocycles. The molecule has 0 aromatic heterocycles. The van der Waals surface area contributed by atoms with Crippen LogP contribution in [-0.2, 0) is 19.3 Å². The van der Waals surface area contributed by atoms with Crippen molar-refractivity contribution in [3.63, 3.8) is 0 Å². The van der Waals surface area contributed by atoms with Gasteiger partial charge in [0.25, 0.3) is 0 Å². The lowest BCUT2D eigenvalue weighted by Gasteiger charge is -2.14. The van der Waals surface area contributed by atoms with Crippen molar-refractivity contribution in [3.05, 3.63) is 57.6 Å². The average molecular weight is 312 g/mol. The van der Waals surface area contributed by atoms with E-state index in [1.165, 1.54) is 11.1 Å². The molecule has 2 heteroatoms. The third-order valence-corrected chi connectivity index (χ3v) is 4.41. The summed E-state index contributed by atoms with van der Waals surface area (Å²) >= 11 is 0. The van der Waals surface area contributed by atoms with E-state index in [4.69, 9.17) is 0 Å². The van der Waals surface area contributed by atoms with Gasteiger partial charge < -0.3 is 10.2 Å². The van der Waals surface area contributed by atoms with Crippen molar-refractivity contribution in [1.82, 2.24) is 0 Å². The van der Waals surface area contributed by atoms with Crippen molar-refractivity contribution >= 4 is 0 Å². The Balaban J connectivity index is 2.37. The molecule has 0 saturated carbocycles. The van der Waals surface area contributed by atoms with Gasteiger partial charge in [-0.1, -0.05) is 44.9 Å². The van der Waals surface area contributed by atoms with E-state index in [-0.39, 0.29) is 0 Å². The number of aromatic hydroxyl groups is 2. The Kier molecular flexibility index (Phi) is 5.70. The van der Waals surface area contributed by atoms with Crippen LogP contribution >= 0.6 is 0 Å². The minimum atomic E-state index is 0.404. The van der Waals surface area contributed by atoms with Gasteiger partial charge in [-0.05, 0) is 72.6 Å². The lowest BCUT2D eigenvalue weighted by atomic mass is 9.93. The highest BCUT2D eigenvalue weighted by molar-refractivity contribution is 5.47. The fourth-order valence-electron chi connectivity index (χ4n) is 3.16. The van der Waals surface area contributed by atoms with Crippen molar-refractivity contribution < 1.29 is 10.2 Å². The molecule has 23 heavy (non-hydrogen) atoms. The second-order valence-corrected chi connectivity index (χ2v) is 6.50. The van der Waals surface area contributed by atoms with Gasteiger partial charge in [-0.15, -0.1) is 0 Å². The summed E-state index contributed by atoms with van der Waals surface area (Å²) in [6.45, 7) is 8.26. The van der Waals surface area contributed by atoms with Gasteiger partial charge in [-0.2, -0.15) is 0 Å². The minimum absolute atomic E-state index is 0.404. The smallest absolute Gasteiger partial charge is 0.121 e. The monoisotopic (exact) mass is 312 g/mol. The summed E-state index contributed by atoms with van der Waals surface area (Å²) in [4.78, 5) is 0. The maximum Gasteiger partial charge on any atom is 0.121 e. The van der Waals surface area contributed by atoms with E-state index in [1.807, 2.05) is 19.9 Å². The number of phenols is 2. The molecular weight excluding hydrogens is 284 g/mol. The van der Waals surface area contributed by atoms with E-state index in [9.17, 15) is 10.2 Å². The van der Waals surface area contributed by atoms with E-state index in [1.54, 1.807) is 0 Å². The van der Waals surface area contributed by atoms with Crippen molar-refractivity contribution in [1.29, 1.82) is 0 Å². The molecule has 0 radical (unpaired) electrons. The van der Waals surface area contributed by atoms with Crippen LogP contribution in [0, 0.1) is 13.8 Å². The molecule has 0 heterocycles. The Hall–Kier alpha value is -1.96. The molecule has 0 spiro atoms. The molecule has 2 N–H and O–H groups in total. The van der Waals surface area contributed by atoms with Gasteiger partial charge in [-0.3, -0.25) is 0 Å². The normalized spacial score (nSPS) is 11.0. The largest absolute Gasteiger partial charge is 0.508 e. The van der Waals surface area contributed by atoms with E-state index < -0.39 is 0 Å². The maximum absolute atomic E-state index is 10.2. The molecule has 0 aliphatic carbocycles. The van der Waals surface area contributed by atoms with Crippen LogP contribution in [0.1, 0.15) is 60.1 Å². The fraction of sp³-hybridized carbons (Fsp3) is 0.429. The van der Waals surface area contributed by atoms with Crippen LogP contribution in [0.3, 0.4) is 0 Å². The molecule has 2 aromatic carbocycles. The van der Waals surface area contributed by atoms with Gasteiger partial charge in [0, 0.05) is 0 Å². The van der Waals surface area contributed by atoms with Crippen molar-refractivity contribution in [2.45, 2.75) is 59.8 Å². The Morgan fingerprint density at radius 2 is 1.39 bits per heavy atom. The van der Waals surface area contributed by atoms with E-state index in [2.05, 4.69) is 32.0 Å². The molecule has 0 amide bonds. The van der Waals surface area contributed by atoms with Crippen LogP contribution < -0.4 is 0 Å². The average Bonchev–Trinajstić information content (AvgIpc) is 2.49.